The normalized spacial score (nSPS) is 15.6. The molecule has 1 aromatic carbocycles. The van der Waals surface area contributed by atoms with Crippen molar-refractivity contribution in [3.63, 3.8) is 0 Å². The van der Waals surface area contributed by atoms with E-state index in [0.717, 1.165) is 23.8 Å². The highest BCUT2D eigenvalue weighted by molar-refractivity contribution is 7.07. The van der Waals surface area contributed by atoms with Crippen molar-refractivity contribution < 1.29 is 18.5 Å². The summed E-state index contributed by atoms with van der Waals surface area (Å²) < 4.78 is 28.1. The standard InChI is InChI=1S/C21H19F2N5O3S/c22-14-3-4-16(23)15(10-14)17-2-1-8-27(17)19-6-5-18(28(30)31)20(25-19)26-21(29)24-11-13-7-9-32-12-13/h3-7,9-10,12,17H,1-2,8,11H2,(H2,24,25,26,29)/t17-/m1/s1. The summed E-state index contributed by atoms with van der Waals surface area (Å²) in [6.45, 7) is 0.769. The van der Waals surface area contributed by atoms with Gasteiger partial charge in [0.05, 0.1) is 11.0 Å². The summed E-state index contributed by atoms with van der Waals surface area (Å²) in [5.74, 6) is -0.971. The van der Waals surface area contributed by atoms with Crippen molar-refractivity contribution in [1.82, 2.24) is 10.3 Å². The van der Waals surface area contributed by atoms with Gasteiger partial charge in [0.25, 0.3) is 0 Å². The summed E-state index contributed by atoms with van der Waals surface area (Å²) in [7, 11) is 0. The molecule has 3 aromatic rings. The van der Waals surface area contributed by atoms with Gasteiger partial charge in [0.2, 0.25) is 5.82 Å². The van der Waals surface area contributed by atoms with E-state index in [1.807, 2.05) is 16.8 Å². The smallest absolute Gasteiger partial charge is 0.320 e. The van der Waals surface area contributed by atoms with Crippen molar-refractivity contribution >= 4 is 34.7 Å². The molecule has 1 aliphatic heterocycles. The third-order valence-electron chi connectivity index (χ3n) is 5.19. The van der Waals surface area contributed by atoms with Gasteiger partial charge in [0.15, 0.2) is 0 Å². The molecule has 0 bridgehead atoms. The van der Waals surface area contributed by atoms with E-state index in [1.54, 1.807) is 4.90 Å². The van der Waals surface area contributed by atoms with Crippen LogP contribution in [0.15, 0.2) is 47.2 Å². The summed E-state index contributed by atoms with van der Waals surface area (Å²) in [5.41, 5.74) is 0.733. The number of thiophene rings is 1. The maximum Gasteiger partial charge on any atom is 0.320 e. The molecule has 2 amide bonds. The Hall–Kier alpha value is -3.60. The average Bonchev–Trinajstić information content (AvgIpc) is 3.46. The Labute approximate surface area is 186 Å². The van der Waals surface area contributed by atoms with Crippen LogP contribution >= 0.6 is 11.3 Å². The second-order valence-corrected chi connectivity index (χ2v) is 8.03. The Morgan fingerprint density at radius 1 is 1.28 bits per heavy atom. The number of pyridine rings is 1. The lowest BCUT2D eigenvalue weighted by Gasteiger charge is -2.26. The fourth-order valence-electron chi connectivity index (χ4n) is 3.70. The van der Waals surface area contributed by atoms with Crippen LogP contribution in [0.4, 0.5) is 30.9 Å². The first-order valence-corrected chi connectivity index (χ1v) is 10.8. The predicted octanol–water partition coefficient (Wildman–Crippen LogP) is 4.99. The van der Waals surface area contributed by atoms with E-state index in [9.17, 15) is 23.7 Å². The number of nitro groups is 1. The number of rotatable bonds is 6. The number of hydrogen-bond acceptors (Lipinski definition) is 6. The number of amides is 2. The van der Waals surface area contributed by atoms with Crippen molar-refractivity contribution in [2.75, 3.05) is 16.8 Å². The van der Waals surface area contributed by atoms with Crippen LogP contribution in [0.2, 0.25) is 0 Å². The number of aromatic nitrogens is 1. The van der Waals surface area contributed by atoms with E-state index in [0.29, 0.717) is 25.2 Å². The summed E-state index contributed by atoms with van der Waals surface area (Å²) in [6.07, 6.45) is 1.28. The van der Waals surface area contributed by atoms with Gasteiger partial charge < -0.3 is 10.2 Å². The molecular formula is C21H19F2N5O3S. The van der Waals surface area contributed by atoms with E-state index in [1.165, 1.54) is 23.5 Å². The molecule has 1 aliphatic rings. The van der Waals surface area contributed by atoms with Crippen molar-refractivity contribution in [1.29, 1.82) is 0 Å². The van der Waals surface area contributed by atoms with Gasteiger partial charge in [0.1, 0.15) is 17.5 Å². The SMILES string of the molecule is O=C(NCc1ccsc1)Nc1nc(N2CCC[C@@H]2c2cc(F)ccc2F)ccc1[N+](=O)[O-]. The highest BCUT2D eigenvalue weighted by Gasteiger charge is 2.31. The van der Waals surface area contributed by atoms with Crippen molar-refractivity contribution in [2.45, 2.75) is 25.4 Å². The van der Waals surface area contributed by atoms with Crippen LogP contribution in [-0.2, 0) is 6.54 Å². The molecule has 8 nitrogen and oxygen atoms in total. The summed E-state index contributed by atoms with van der Waals surface area (Å²) in [6, 6.07) is 6.72. The number of halogens is 2. The molecule has 2 aromatic heterocycles. The lowest BCUT2D eigenvalue weighted by atomic mass is 10.0. The van der Waals surface area contributed by atoms with E-state index < -0.39 is 28.6 Å². The highest BCUT2D eigenvalue weighted by Crippen LogP contribution is 2.38. The Morgan fingerprint density at radius 2 is 2.12 bits per heavy atom. The zero-order valence-electron chi connectivity index (χ0n) is 16.8. The van der Waals surface area contributed by atoms with Crippen LogP contribution in [0, 0.1) is 21.7 Å². The van der Waals surface area contributed by atoms with Gasteiger partial charge >= 0.3 is 11.7 Å². The van der Waals surface area contributed by atoms with Gasteiger partial charge in [-0.05, 0) is 59.5 Å². The number of nitrogens with one attached hydrogen (secondary N) is 2. The van der Waals surface area contributed by atoms with Crippen molar-refractivity contribution in [3.05, 3.63) is 80.0 Å². The summed E-state index contributed by atoms with van der Waals surface area (Å²) >= 11 is 1.49. The zero-order valence-corrected chi connectivity index (χ0v) is 17.6. The van der Waals surface area contributed by atoms with Gasteiger partial charge in [-0.2, -0.15) is 11.3 Å². The predicted molar refractivity (Wildman–Crippen MR) is 117 cm³/mol. The third-order valence-corrected chi connectivity index (χ3v) is 5.92. The van der Waals surface area contributed by atoms with Gasteiger partial charge in [-0.25, -0.2) is 18.6 Å². The minimum Gasteiger partial charge on any atom is -0.349 e. The Balaban J connectivity index is 1.58. The molecule has 166 valence electrons. The van der Waals surface area contributed by atoms with Crippen LogP contribution < -0.4 is 15.5 Å². The maximum absolute atomic E-state index is 14.4. The first kappa shape index (κ1) is 21.6. The van der Waals surface area contributed by atoms with Crippen LogP contribution in [0.25, 0.3) is 0 Å². The van der Waals surface area contributed by atoms with Crippen molar-refractivity contribution in [3.8, 4) is 0 Å². The van der Waals surface area contributed by atoms with Crippen LogP contribution in [0.5, 0.6) is 0 Å². The molecule has 11 heteroatoms. The first-order valence-electron chi connectivity index (χ1n) is 9.85. The number of carbonyl (C=O) groups is 1. The number of urea groups is 1. The molecule has 0 spiro atoms. The van der Waals surface area contributed by atoms with Gasteiger partial charge in [-0.1, -0.05) is 0 Å². The Morgan fingerprint density at radius 3 is 2.88 bits per heavy atom. The molecule has 0 saturated carbocycles. The van der Waals surface area contributed by atoms with Crippen molar-refractivity contribution in [2.24, 2.45) is 0 Å². The molecule has 3 heterocycles. The van der Waals surface area contributed by atoms with E-state index >= 15 is 0 Å². The minimum absolute atomic E-state index is 0.200. The largest absolute Gasteiger partial charge is 0.349 e. The minimum atomic E-state index is -0.641. The molecule has 1 fully saturated rings. The third kappa shape index (κ3) is 4.67. The van der Waals surface area contributed by atoms with Crippen LogP contribution in [0.1, 0.15) is 30.0 Å². The number of nitrogens with zero attached hydrogens (tertiary/aromatic N) is 3. The molecule has 32 heavy (non-hydrogen) atoms. The molecule has 2 N–H and O–H groups in total. The topological polar surface area (TPSA) is 100 Å². The summed E-state index contributed by atoms with van der Waals surface area (Å²) in [4.78, 5) is 29.1. The quantitative estimate of drug-likeness (QED) is 0.399. The summed E-state index contributed by atoms with van der Waals surface area (Å²) in [5, 5.41) is 20.2. The Kier molecular flexibility index (Phi) is 6.26. The molecule has 1 saturated heterocycles. The number of anilines is 2. The molecular weight excluding hydrogens is 440 g/mol. The number of benzene rings is 1. The highest BCUT2D eigenvalue weighted by atomic mass is 32.1. The average molecular weight is 459 g/mol. The Bertz CT molecular complexity index is 1140. The molecule has 1 atom stereocenters. The van der Waals surface area contributed by atoms with Gasteiger partial charge in [0, 0.05) is 24.7 Å². The van der Waals surface area contributed by atoms with Gasteiger partial charge in [-0.3, -0.25) is 15.4 Å². The van der Waals surface area contributed by atoms with E-state index in [4.69, 9.17) is 0 Å². The fraction of sp³-hybridized carbons (Fsp3) is 0.238. The second-order valence-electron chi connectivity index (χ2n) is 7.25. The maximum atomic E-state index is 14.4. The first-order chi connectivity index (χ1) is 15.4. The fourth-order valence-corrected chi connectivity index (χ4v) is 4.37. The van der Waals surface area contributed by atoms with Crippen LogP contribution in [-0.4, -0.2) is 22.5 Å². The molecule has 0 unspecified atom stereocenters. The molecule has 0 radical (unpaired) electrons. The molecule has 4 rings (SSSR count). The zero-order chi connectivity index (χ0) is 22.7. The number of hydrogen-bond donors (Lipinski definition) is 2. The monoisotopic (exact) mass is 459 g/mol. The second kappa shape index (κ2) is 9.27. The van der Waals surface area contributed by atoms with Crippen LogP contribution in [0.3, 0.4) is 0 Å². The lowest BCUT2D eigenvalue weighted by Crippen LogP contribution is -2.29. The lowest BCUT2D eigenvalue weighted by molar-refractivity contribution is -0.384. The van der Waals surface area contributed by atoms with Gasteiger partial charge in [-0.15, -0.1) is 0 Å². The molecule has 0 aliphatic carbocycles. The van der Waals surface area contributed by atoms with E-state index in [2.05, 4.69) is 15.6 Å². The van der Waals surface area contributed by atoms with E-state index in [-0.39, 0.29) is 23.6 Å². The number of carbonyl (C=O) groups excluding carboxylic acids is 1.